The van der Waals surface area contributed by atoms with Crippen LogP contribution in [0.3, 0.4) is 0 Å². The molecule has 1 rings (SSSR count). The number of carbonyl (C=O) groups is 2. The average Bonchev–Trinajstić information content (AvgIpc) is 2.43. The topological polar surface area (TPSA) is 111 Å². The number of nitro benzene ring substituents is 1. The smallest absolute Gasteiger partial charge is 0.321 e. The highest BCUT2D eigenvalue weighted by atomic mass is 16.6. The minimum absolute atomic E-state index is 0.0188. The number of aryl methyl sites for hydroxylation is 1. The van der Waals surface area contributed by atoms with Crippen LogP contribution in [0.4, 0.5) is 10.5 Å². The fourth-order valence-corrected chi connectivity index (χ4v) is 1.48. The van der Waals surface area contributed by atoms with Crippen LogP contribution in [-0.4, -0.2) is 30.0 Å². The second-order valence-electron chi connectivity index (χ2n) is 4.32. The molecule has 0 fully saturated rings. The SMILES string of the molecule is CCCNC(=O)NC(=O)COc1ccc(C)cc1[N+](=O)[O-]. The van der Waals surface area contributed by atoms with Gasteiger partial charge >= 0.3 is 11.7 Å². The van der Waals surface area contributed by atoms with Crippen molar-refractivity contribution in [1.29, 1.82) is 0 Å². The van der Waals surface area contributed by atoms with Crippen molar-refractivity contribution in [3.63, 3.8) is 0 Å². The number of nitrogens with one attached hydrogen (secondary N) is 2. The van der Waals surface area contributed by atoms with E-state index in [2.05, 4.69) is 10.6 Å². The maximum absolute atomic E-state index is 11.5. The van der Waals surface area contributed by atoms with Crippen LogP contribution in [0.2, 0.25) is 0 Å². The largest absolute Gasteiger partial charge is 0.477 e. The van der Waals surface area contributed by atoms with Crippen LogP contribution in [0.5, 0.6) is 5.75 Å². The molecule has 2 N–H and O–H groups in total. The van der Waals surface area contributed by atoms with E-state index in [0.29, 0.717) is 12.1 Å². The lowest BCUT2D eigenvalue weighted by Gasteiger charge is -2.08. The number of amides is 3. The van der Waals surface area contributed by atoms with Gasteiger partial charge in [-0.1, -0.05) is 13.0 Å². The minimum atomic E-state index is -0.682. The number of rotatable bonds is 6. The van der Waals surface area contributed by atoms with Gasteiger partial charge in [0.1, 0.15) is 0 Å². The maximum atomic E-state index is 11.5. The molecule has 1 aromatic rings. The minimum Gasteiger partial charge on any atom is -0.477 e. The molecule has 0 saturated heterocycles. The highest BCUT2D eigenvalue weighted by Gasteiger charge is 2.16. The van der Waals surface area contributed by atoms with E-state index in [9.17, 15) is 19.7 Å². The first-order valence-corrected chi connectivity index (χ1v) is 6.39. The molecule has 8 nitrogen and oxygen atoms in total. The Bertz CT molecular complexity index is 545. The number of ether oxygens (including phenoxy) is 1. The van der Waals surface area contributed by atoms with Crippen molar-refractivity contribution in [2.75, 3.05) is 13.2 Å². The van der Waals surface area contributed by atoms with Crippen LogP contribution in [-0.2, 0) is 4.79 Å². The highest BCUT2D eigenvalue weighted by molar-refractivity contribution is 5.95. The lowest BCUT2D eigenvalue weighted by molar-refractivity contribution is -0.385. The van der Waals surface area contributed by atoms with E-state index in [1.165, 1.54) is 12.1 Å². The van der Waals surface area contributed by atoms with Gasteiger partial charge in [-0.3, -0.25) is 20.2 Å². The summed E-state index contributed by atoms with van der Waals surface area (Å²) in [5.74, 6) is -0.701. The Labute approximate surface area is 121 Å². The number of imide groups is 1. The molecule has 0 aliphatic carbocycles. The Morgan fingerprint density at radius 3 is 2.71 bits per heavy atom. The summed E-state index contributed by atoms with van der Waals surface area (Å²) in [6.07, 6.45) is 0.744. The van der Waals surface area contributed by atoms with Gasteiger partial charge in [0.05, 0.1) is 4.92 Å². The number of nitro groups is 1. The molecule has 0 aromatic heterocycles. The van der Waals surface area contributed by atoms with Crippen molar-refractivity contribution in [2.24, 2.45) is 0 Å². The van der Waals surface area contributed by atoms with Crippen LogP contribution in [0, 0.1) is 17.0 Å². The van der Waals surface area contributed by atoms with E-state index in [1.807, 2.05) is 6.92 Å². The first-order valence-electron chi connectivity index (χ1n) is 6.39. The second kappa shape index (κ2) is 7.83. The molecule has 0 aliphatic heterocycles. The van der Waals surface area contributed by atoms with Gasteiger partial charge in [-0.2, -0.15) is 0 Å². The van der Waals surface area contributed by atoms with E-state index in [-0.39, 0.29) is 11.4 Å². The van der Waals surface area contributed by atoms with Crippen molar-refractivity contribution in [2.45, 2.75) is 20.3 Å². The average molecular weight is 295 g/mol. The summed E-state index contributed by atoms with van der Waals surface area (Å²) < 4.78 is 5.09. The van der Waals surface area contributed by atoms with Crippen molar-refractivity contribution < 1.29 is 19.2 Å². The predicted molar refractivity (Wildman–Crippen MR) is 75.2 cm³/mol. The molecule has 0 spiro atoms. The lowest BCUT2D eigenvalue weighted by Crippen LogP contribution is -2.41. The number of nitrogens with zero attached hydrogens (tertiary/aromatic N) is 1. The zero-order chi connectivity index (χ0) is 15.8. The van der Waals surface area contributed by atoms with Crippen LogP contribution in [0.25, 0.3) is 0 Å². The highest BCUT2D eigenvalue weighted by Crippen LogP contribution is 2.27. The summed E-state index contributed by atoms with van der Waals surface area (Å²) in [4.78, 5) is 33.0. The third-order valence-corrected chi connectivity index (χ3v) is 2.46. The maximum Gasteiger partial charge on any atom is 0.321 e. The molecule has 0 heterocycles. The number of benzene rings is 1. The van der Waals surface area contributed by atoms with E-state index < -0.39 is 23.5 Å². The third kappa shape index (κ3) is 5.47. The predicted octanol–water partition coefficient (Wildman–Crippen LogP) is 1.52. The number of urea groups is 1. The van der Waals surface area contributed by atoms with Gasteiger partial charge in [0.2, 0.25) is 0 Å². The van der Waals surface area contributed by atoms with Gasteiger partial charge in [0, 0.05) is 12.6 Å². The summed E-state index contributed by atoms with van der Waals surface area (Å²) in [5.41, 5.74) is 0.482. The van der Waals surface area contributed by atoms with Crippen molar-refractivity contribution in [3.8, 4) is 5.75 Å². The quantitative estimate of drug-likeness (QED) is 0.610. The van der Waals surface area contributed by atoms with E-state index in [0.717, 1.165) is 6.42 Å². The molecule has 0 radical (unpaired) electrons. The van der Waals surface area contributed by atoms with Gasteiger partial charge in [0.25, 0.3) is 5.91 Å². The molecule has 3 amide bonds. The standard InChI is InChI=1S/C13H17N3O5/c1-3-6-14-13(18)15-12(17)8-21-11-5-4-9(2)7-10(11)16(19)20/h4-5,7H,3,6,8H2,1-2H3,(H2,14,15,17,18). The molecular weight excluding hydrogens is 278 g/mol. The lowest BCUT2D eigenvalue weighted by atomic mass is 10.2. The normalized spacial score (nSPS) is 9.81. The fourth-order valence-electron chi connectivity index (χ4n) is 1.48. The molecule has 0 unspecified atom stereocenters. The Kier molecular flexibility index (Phi) is 6.12. The van der Waals surface area contributed by atoms with Crippen LogP contribution in [0.1, 0.15) is 18.9 Å². The Hall–Kier alpha value is -2.64. The van der Waals surface area contributed by atoms with E-state index >= 15 is 0 Å². The van der Waals surface area contributed by atoms with Gasteiger partial charge in [-0.25, -0.2) is 4.79 Å². The Morgan fingerprint density at radius 1 is 1.38 bits per heavy atom. The number of hydrogen-bond acceptors (Lipinski definition) is 5. The van der Waals surface area contributed by atoms with Crippen molar-refractivity contribution in [1.82, 2.24) is 10.6 Å². The monoisotopic (exact) mass is 295 g/mol. The van der Waals surface area contributed by atoms with Crippen molar-refractivity contribution in [3.05, 3.63) is 33.9 Å². The molecule has 114 valence electrons. The van der Waals surface area contributed by atoms with Crippen LogP contribution in [0.15, 0.2) is 18.2 Å². The molecule has 0 aliphatic rings. The second-order valence-corrected chi connectivity index (χ2v) is 4.32. The molecule has 0 saturated carbocycles. The zero-order valence-corrected chi connectivity index (χ0v) is 11.8. The Morgan fingerprint density at radius 2 is 2.10 bits per heavy atom. The third-order valence-electron chi connectivity index (χ3n) is 2.46. The Balaban J connectivity index is 2.57. The molecule has 21 heavy (non-hydrogen) atoms. The van der Waals surface area contributed by atoms with Gasteiger partial charge in [-0.15, -0.1) is 0 Å². The first kappa shape index (κ1) is 16.4. The summed E-state index contributed by atoms with van der Waals surface area (Å²) >= 11 is 0. The summed E-state index contributed by atoms with van der Waals surface area (Å²) in [6, 6.07) is 3.77. The molecule has 0 bridgehead atoms. The zero-order valence-electron chi connectivity index (χ0n) is 11.8. The van der Waals surface area contributed by atoms with E-state index in [1.54, 1.807) is 13.0 Å². The molecule has 1 aromatic carbocycles. The number of carbonyl (C=O) groups excluding carboxylic acids is 2. The fraction of sp³-hybridized carbons (Fsp3) is 0.385. The number of hydrogen-bond donors (Lipinski definition) is 2. The van der Waals surface area contributed by atoms with E-state index in [4.69, 9.17) is 4.74 Å². The first-order chi connectivity index (χ1) is 9.93. The van der Waals surface area contributed by atoms with Crippen LogP contribution >= 0.6 is 0 Å². The summed E-state index contributed by atoms with van der Waals surface area (Å²) in [5, 5.41) is 15.4. The summed E-state index contributed by atoms with van der Waals surface area (Å²) in [7, 11) is 0. The van der Waals surface area contributed by atoms with Gasteiger partial charge in [0.15, 0.2) is 12.4 Å². The van der Waals surface area contributed by atoms with Crippen molar-refractivity contribution >= 4 is 17.6 Å². The van der Waals surface area contributed by atoms with Crippen LogP contribution < -0.4 is 15.4 Å². The summed E-state index contributed by atoms with van der Waals surface area (Å²) in [6.45, 7) is 3.55. The van der Waals surface area contributed by atoms with Gasteiger partial charge < -0.3 is 10.1 Å². The van der Waals surface area contributed by atoms with Gasteiger partial charge in [-0.05, 0) is 25.0 Å². The molecule has 8 heteroatoms. The molecule has 0 atom stereocenters. The molecular formula is C13H17N3O5.